The second-order valence-corrected chi connectivity index (χ2v) is 9.20. The van der Waals surface area contributed by atoms with Gasteiger partial charge in [0.2, 0.25) is 0 Å². The van der Waals surface area contributed by atoms with Crippen LogP contribution in [0.5, 0.6) is 0 Å². The van der Waals surface area contributed by atoms with Crippen LogP contribution in [0.3, 0.4) is 0 Å². The van der Waals surface area contributed by atoms with E-state index in [0.29, 0.717) is 0 Å². The summed E-state index contributed by atoms with van der Waals surface area (Å²) in [4.78, 5) is 0. The third-order valence-corrected chi connectivity index (χ3v) is 4.04. The highest BCUT2D eigenvalue weighted by molar-refractivity contribution is 5.67. The van der Waals surface area contributed by atoms with Crippen LogP contribution in [0.25, 0.3) is 5.52 Å². The van der Waals surface area contributed by atoms with Crippen molar-refractivity contribution in [3.05, 3.63) is 35.2 Å². The fourth-order valence-corrected chi connectivity index (χ4v) is 2.84. The Labute approximate surface area is 129 Å². The summed E-state index contributed by atoms with van der Waals surface area (Å²) < 4.78 is 2.17. The first-order valence-electron chi connectivity index (χ1n) is 7.85. The smallest absolute Gasteiger partial charge is 0.0724 e. The van der Waals surface area contributed by atoms with Gasteiger partial charge in [-0.1, -0.05) is 62.3 Å². The molecule has 0 aromatic carbocycles. The fourth-order valence-electron chi connectivity index (χ4n) is 2.84. The Morgan fingerprint density at radius 1 is 0.762 bits per heavy atom. The molecule has 0 aliphatic rings. The molecule has 0 aliphatic heterocycles. The maximum atomic E-state index is 4.67. The van der Waals surface area contributed by atoms with Gasteiger partial charge < -0.3 is 0 Å². The van der Waals surface area contributed by atoms with Crippen LogP contribution < -0.4 is 0 Å². The van der Waals surface area contributed by atoms with Gasteiger partial charge in [0.1, 0.15) is 0 Å². The van der Waals surface area contributed by atoms with Gasteiger partial charge in [-0.2, -0.15) is 5.10 Å². The van der Waals surface area contributed by atoms with Crippen molar-refractivity contribution in [2.75, 3.05) is 0 Å². The van der Waals surface area contributed by atoms with Gasteiger partial charge in [0.05, 0.1) is 5.52 Å². The summed E-state index contributed by atoms with van der Waals surface area (Å²) in [5, 5.41) is 4.67. The summed E-state index contributed by atoms with van der Waals surface area (Å²) in [7, 11) is 0. The molecule has 2 nitrogen and oxygen atoms in total. The summed E-state index contributed by atoms with van der Waals surface area (Å²) in [5.74, 6) is 0. The first-order valence-corrected chi connectivity index (χ1v) is 7.85. The van der Waals surface area contributed by atoms with Crippen LogP contribution in [0.15, 0.2) is 18.3 Å². The molecule has 0 atom stereocenters. The largest absolute Gasteiger partial charge is 0.237 e. The summed E-state index contributed by atoms with van der Waals surface area (Å²) in [5.41, 5.74) is 5.64. The number of fused-ring (bicyclic) bond motifs is 1. The van der Waals surface area contributed by atoms with Crippen LogP contribution in [-0.2, 0) is 16.2 Å². The molecular weight excluding hydrogens is 256 g/mol. The van der Waals surface area contributed by atoms with Crippen molar-refractivity contribution in [2.24, 2.45) is 0 Å². The van der Waals surface area contributed by atoms with Crippen molar-refractivity contribution in [1.82, 2.24) is 9.61 Å². The Hall–Kier alpha value is -1.31. The molecule has 0 N–H and O–H groups in total. The van der Waals surface area contributed by atoms with Gasteiger partial charge in [0.15, 0.2) is 0 Å². The van der Waals surface area contributed by atoms with Gasteiger partial charge in [-0.25, -0.2) is 4.52 Å². The molecule has 0 spiro atoms. The molecule has 21 heavy (non-hydrogen) atoms. The van der Waals surface area contributed by atoms with Crippen LogP contribution in [-0.4, -0.2) is 9.61 Å². The summed E-state index contributed by atoms with van der Waals surface area (Å²) in [6, 6.07) is 4.54. The van der Waals surface area contributed by atoms with E-state index >= 15 is 0 Å². The molecule has 0 saturated heterocycles. The topological polar surface area (TPSA) is 17.3 Å². The minimum Gasteiger partial charge on any atom is -0.237 e. The number of hydrogen-bond donors (Lipinski definition) is 0. The minimum atomic E-state index is 0.0793. The first-order chi connectivity index (χ1) is 9.33. The van der Waals surface area contributed by atoms with Gasteiger partial charge in [-0.15, -0.1) is 0 Å². The van der Waals surface area contributed by atoms with E-state index in [1.807, 2.05) is 6.20 Å². The Morgan fingerprint density at radius 3 is 1.71 bits per heavy atom. The lowest BCUT2D eigenvalue weighted by atomic mass is 9.81. The van der Waals surface area contributed by atoms with Crippen molar-refractivity contribution in [3.63, 3.8) is 0 Å². The quantitative estimate of drug-likeness (QED) is 0.648. The van der Waals surface area contributed by atoms with E-state index in [1.165, 1.54) is 22.3 Å². The SMILES string of the molecule is CC(C)(C)c1ccnn2c(C(C)(C)C)cc(C(C)(C)C)c12. The maximum absolute atomic E-state index is 4.67. The molecule has 0 amide bonds. The first kappa shape index (κ1) is 16.1. The lowest BCUT2D eigenvalue weighted by Gasteiger charge is -2.24. The van der Waals surface area contributed by atoms with E-state index in [-0.39, 0.29) is 16.2 Å². The van der Waals surface area contributed by atoms with Crippen molar-refractivity contribution < 1.29 is 0 Å². The Bertz CT molecular complexity index is 656. The lowest BCUT2D eigenvalue weighted by molar-refractivity contribution is 0.545. The summed E-state index contributed by atoms with van der Waals surface area (Å²) in [6.07, 6.45) is 1.94. The molecule has 0 unspecified atom stereocenters. The summed E-state index contributed by atoms with van der Waals surface area (Å²) >= 11 is 0. The average molecular weight is 286 g/mol. The fraction of sp³-hybridized carbons (Fsp3) is 0.632. The molecule has 116 valence electrons. The van der Waals surface area contributed by atoms with E-state index in [0.717, 1.165) is 0 Å². The van der Waals surface area contributed by atoms with Crippen molar-refractivity contribution >= 4 is 5.52 Å². The Kier molecular flexibility index (Phi) is 3.51. The standard InChI is InChI=1S/C19H30N2/c1-17(2,3)13-10-11-20-21-15(19(7,8)9)12-14(16(13)21)18(4,5)6/h10-12H,1-9H3. The molecule has 0 bridgehead atoms. The normalized spacial score (nSPS) is 14.0. The van der Waals surface area contributed by atoms with Crippen molar-refractivity contribution in [3.8, 4) is 0 Å². The van der Waals surface area contributed by atoms with Crippen molar-refractivity contribution in [2.45, 2.75) is 78.6 Å². The lowest BCUT2D eigenvalue weighted by Crippen LogP contribution is -2.19. The Balaban J connectivity index is 2.97. The highest BCUT2D eigenvalue weighted by atomic mass is 15.2. The van der Waals surface area contributed by atoms with E-state index in [4.69, 9.17) is 0 Å². The average Bonchev–Trinajstić information content (AvgIpc) is 2.65. The third kappa shape index (κ3) is 2.86. The highest BCUT2D eigenvalue weighted by Crippen LogP contribution is 2.38. The number of nitrogens with zero attached hydrogens (tertiary/aromatic N) is 2. The monoisotopic (exact) mass is 286 g/mol. The van der Waals surface area contributed by atoms with Gasteiger partial charge >= 0.3 is 0 Å². The van der Waals surface area contributed by atoms with Crippen LogP contribution in [0.2, 0.25) is 0 Å². The highest BCUT2D eigenvalue weighted by Gasteiger charge is 2.30. The molecule has 2 rings (SSSR count). The van der Waals surface area contributed by atoms with Crippen LogP contribution in [0.4, 0.5) is 0 Å². The van der Waals surface area contributed by atoms with Crippen LogP contribution >= 0.6 is 0 Å². The zero-order valence-corrected chi connectivity index (χ0v) is 15.1. The van der Waals surface area contributed by atoms with E-state index in [2.05, 4.69) is 84.1 Å². The van der Waals surface area contributed by atoms with Crippen LogP contribution in [0, 0.1) is 0 Å². The van der Waals surface area contributed by atoms with Crippen LogP contribution in [0.1, 0.15) is 79.1 Å². The molecule has 0 radical (unpaired) electrons. The van der Waals surface area contributed by atoms with E-state index < -0.39 is 0 Å². The van der Waals surface area contributed by atoms with Gasteiger partial charge in [0.25, 0.3) is 0 Å². The molecule has 0 saturated carbocycles. The number of hydrogen-bond acceptors (Lipinski definition) is 1. The van der Waals surface area contributed by atoms with Gasteiger partial charge in [0, 0.05) is 17.3 Å². The van der Waals surface area contributed by atoms with Gasteiger partial charge in [-0.05, 0) is 34.1 Å². The summed E-state index contributed by atoms with van der Waals surface area (Å²) in [6.45, 7) is 20.5. The second-order valence-electron chi connectivity index (χ2n) is 9.20. The zero-order chi connectivity index (χ0) is 16.2. The van der Waals surface area contributed by atoms with E-state index in [1.54, 1.807) is 0 Å². The molecule has 0 fully saturated rings. The number of aromatic nitrogens is 2. The third-order valence-electron chi connectivity index (χ3n) is 4.04. The molecule has 2 aromatic heterocycles. The minimum absolute atomic E-state index is 0.0793. The molecule has 0 aliphatic carbocycles. The number of rotatable bonds is 0. The molecule has 2 aromatic rings. The predicted octanol–water partition coefficient (Wildman–Crippen LogP) is 5.23. The second kappa shape index (κ2) is 4.59. The van der Waals surface area contributed by atoms with E-state index in [9.17, 15) is 0 Å². The molecule has 2 heteroatoms. The Morgan fingerprint density at radius 2 is 1.29 bits per heavy atom. The van der Waals surface area contributed by atoms with Crippen molar-refractivity contribution in [1.29, 1.82) is 0 Å². The maximum Gasteiger partial charge on any atom is 0.0724 e. The van der Waals surface area contributed by atoms with Gasteiger partial charge in [-0.3, -0.25) is 0 Å². The zero-order valence-electron chi connectivity index (χ0n) is 15.1. The molecule has 2 heterocycles. The predicted molar refractivity (Wildman–Crippen MR) is 91.3 cm³/mol. The molecular formula is C19H30N2.